The molecule has 1 atom stereocenters. The van der Waals surface area contributed by atoms with Gasteiger partial charge in [-0.25, -0.2) is 4.98 Å². The molecular weight excluding hydrogens is 296 g/mol. The smallest absolute Gasteiger partial charge is 0.257 e. The molecule has 1 amide bonds. The van der Waals surface area contributed by atoms with Gasteiger partial charge in [0.25, 0.3) is 5.91 Å². The van der Waals surface area contributed by atoms with E-state index in [1.807, 2.05) is 36.4 Å². The third-order valence-electron chi connectivity index (χ3n) is 3.49. The van der Waals surface area contributed by atoms with Crippen LogP contribution in [0.5, 0.6) is 0 Å². The number of carbonyl (C=O) groups excluding carboxylic acids is 1. The minimum absolute atomic E-state index is 0.130. The number of anilines is 1. The molecule has 3 rings (SSSR count). The standard InChI is InChI=1S/C17H18N2O2S/c20-17(19-16-9-3-4-10-18-16)14-7-1-2-8-15(14)22-12-13-6-5-11-21-13/h1-4,7-10,13H,5-6,11-12H2,(H,18,19,20)/t13-/m0/s1. The number of pyridine rings is 1. The second-order valence-corrected chi connectivity index (χ2v) is 6.17. The maximum atomic E-state index is 12.4. The van der Waals surface area contributed by atoms with Crippen LogP contribution in [-0.2, 0) is 4.74 Å². The highest BCUT2D eigenvalue weighted by atomic mass is 32.2. The van der Waals surface area contributed by atoms with Crippen molar-refractivity contribution in [1.82, 2.24) is 4.98 Å². The molecule has 2 aromatic rings. The number of benzene rings is 1. The van der Waals surface area contributed by atoms with E-state index in [9.17, 15) is 4.79 Å². The molecule has 1 aromatic carbocycles. The number of carbonyl (C=O) groups is 1. The van der Waals surface area contributed by atoms with Crippen molar-refractivity contribution in [2.75, 3.05) is 17.7 Å². The van der Waals surface area contributed by atoms with Crippen LogP contribution in [0.15, 0.2) is 53.6 Å². The molecule has 5 heteroatoms. The van der Waals surface area contributed by atoms with Crippen molar-refractivity contribution in [2.45, 2.75) is 23.8 Å². The largest absolute Gasteiger partial charge is 0.377 e. The molecule has 0 spiro atoms. The Kier molecular flexibility index (Phi) is 5.08. The minimum Gasteiger partial charge on any atom is -0.377 e. The van der Waals surface area contributed by atoms with Gasteiger partial charge >= 0.3 is 0 Å². The van der Waals surface area contributed by atoms with Crippen molar-refractivity contribution in [3.8, 4) is 0 Å². The van der Waals surface area contributed by atoms with Crippen LogP contribution in [0.2, 0.25) is 0 Å². The van der Waals surface area contributed by atoms with E-state index >= 15 is 0 Å². The molecular formula is C17H18N2O2S. The molecule has 0 bridgehead atoms. The highest BCUT2D eigenvalue weighted by Crippen LogP contribution is 2.27. The fraction of sp³-hybridized carbons (Fsp3) is 0.294. The fourth-order valence-corrected chi connectivity index (χ4v) is 3.48. The average Bonchev–Trinajstić information content (AvgIpc) is 3.07. The number of thioether (sulfide) groups is 1. The second kappa shape index (κ2) is 7.42. The molecule has 0 radical (unpaired) electrons. The summed E-state index contributed by atoms with van der Waals surface area (Å²) < 4.78 is 5.64. The highest BCUT2D eigenvalue weighted by Gasteiger charge is 2.18. The Balaban J connectivity index is 1.68. The number of rotatable bonds is 5. The third-order valence-corrected chi connectivity index (χ3v) is 4.69. The Morgan fingerprint density at radius 2 is 2.14 bits per heavy atom. The lowest BCUT2D eigenvalue weighted by Crippen LogP contribution is -2.14. The van der Waals surface area contributed by atoms with Crippen LogP contribution in [-0.4, -0.2) is 29.4 Å². The molecule has 22 heavy (non-hydrogen) atoms. The summed E-state index contributed by atoms with van der Waals surface area (Å²) in [4.78, 5) is 17.5. The van der Waals surface area contributed by atoms with E-state index in [0.29, 0.717) is 17.5 Å². The Hall–Kier alpha value is -1.85. The Labute approximate surface area is 134 Å². The van der Waals surface area contributed by atoms with Crippen molar-refractivity contribution in [1.29, 1.82) is 0 Å². The van der Waals surface area contributed by atoms with E-state index in [1.54, 1.807) is 24.0 Å². The maximum absolute atomic E-state index is 12.4. The van der Waals surface area contributed by atoms with E-state index < -0.39 is 0 Å². The van der Waals surface area contributed by atoms with Crippen molar-refractivity contribution in [3.63, 3.8) is 0 Å². The van der Waals surface area contributed by atoms with E-state index in [0.717, 1.165) is 30.1 Å². The Morgan fingerprint density at radius 1 is 1.27 bits per heavy atom. The van der Waals surface area contributed by atoms with Crippen LogP contribution in [0.3, 0.4) is 0 Å². The monoisotopic (exact) mass is 314 g/mol. The van der Waals surface area contributed by atoms with E-state index in [1.165, 1.54) is 0 Å². The quantitative estimate of drug-likeness (QED) is 0.857. The predicted molar refractivity (Wildman–Crippen MR) is 88.3 cm³/mol. The van der Waals surface area contributed by atoms with Gasteiger partial charge in [-0.05, 0) is 37.1 Å². The van der Waals surface area contributed by atoms with Gasteiger partial charge in [0.15, 0.2) is 0 Å². The summed E-state index contributed by atoms with van der Waals surface area (Å²) in [6, 6.07) is 13.1. The number of ether oxygens (including phenoxy) is 1. The first-order valence-electron chi connectivity index (χ1n) is 7.39. The normalized spacial score (nSPS) is 17.4. The van der Waals surface area contributed by atoms with Gasteiger partial charge in [0, 0.05) is 23.5 Å². The number of nitrogens with one attached hydrogen (secondary N) is 1. The zero-order chi connectivity index (χ0) is 15.2. The molecule has 1 aromatic heterocycles. The maximum Gasteiger partial charge on any atom is 0.257 e. The van der Waals surface area contributed by atoms with Crippen LogP contribution in [0.1, 0.15) is 23.2 Å². The van der Waals surface area contributed by atoms with Gasteiger partial charge in [-0.1, -0.05) is 18.2 Å². The van der Waals surface area contributed by atoms with E-state index in [2.05, 4.69) is 10.3 Å². The van der Waals surface area contributed by atoms with E-state index in [-0.39, 0.29) is 5.91 Å². The van der Waals surface area contributed by atoms with Gasteiger partial charge in [-0.15, -0.1) is 11.8 Å². The number of hydrogen-bond donors (Lipinski definition) is 1. The summed E-state index contributed by atoms with van der Waals surface area (Å²) in [6.45, 7) is 0.854. The molecule has 0 unspecified atom stereocenters. The molecule has 0 aliphatic carbocycles. The summed E-state index contributed by atoms with van der Waals surface area (Å²) in [5.41, 5.74) is 0.677. The van der Waals surface area contributed by atoms with Gasteiger partial charge in [-0.2, -0.15) is 0 Å². The third kappa shape index (κ3) is 3.87. The lowest BCUT2D eigenvalue weighted by molar-refractivity contribution is 0.102. The summed E-state index contributed by atoms with van der Waals surface area (Å²) in [6.07, 6.45) is 4.20. The summed E-state index contributed by atoms with van der Waals surface area (Å²) in [5, 5.41) is 2.83. The van der Waals surface area contributed by atoms with Crippen LogP contribution in [0.25, 0.3) is 0 Å². The SMILES string of the molecule is O=C(Nc1ccccn1)c1ccccc1SC[C@@H]1CCCO1. The fourth-order valence-electron chi connectivity index (χ4n) is 2.36. The average molecular weight is 314 g/mol. The van der Waals surface area contributed by atoms with Gasteiger partial charge in [0.2, 0.25) is 0 Å². The van der Waals surface area contributed by atoms with Crippen LogP contribution in [0, 0.1) is 0 Å². The van der Waals surface area contributed by atoms with Crippen molar-refractivity contribution < 1.29 is 9.53 Å². The van der Waals surface area contributed by atoms with Gasteiger partial charge < -0.3 is 10.1 Å². The van der Waals surface area contributed by atoms with Crippen molar-refractivity contribution >= 4 is 23.5 Å². The molecule has 1 saturated heterocycles. The van der Waals surface area contributed by atoms with E-state index in [4.69, 9.17) is 4.74 Å². The molecule has 114 valence electrons. The van der Waals surface area contributed by atoms with Crippen LogP contribution >= 0.6 is 11.8 Å². The number of hydrogen-bond acceptors (Lipinski definition) is 4. The first-order chi connectivity index (χ1) is 10.8. The second-order valence-electron chi connectivity index (χ2n) is 5.11. The Morgan fingerprint density at radius 3 is 2.91 bits per heavy atom. The van der Waals surface area contributed by atoms with Gasteiger partial charge in [-0.3, -0.25) is 4.79 Å². The van der Waals surface area contributed by atoms with Gasteiger partial charge in [0.1, 0.15) is 5.82 Å². The molecule has 1 N–H and O–H groups in total. The van der Waals surface area contributed by atoms with Crippen LogP contribution in [0.4, 0.5) is 5.82 Å². The predicted octanol–water partition coefficient (Wildman–Crippen LogP) is 3.61. The van der Waals surface area contributed by atoms with Gasteiger partial charge in [0.05, 0.1) is 11.7 Å². The summed E-state index contributed by atoms with van der Waals surface area (Å²) >= 11 is 1.68. The van der Waals surface area contributed by atoms with Crippen LogP contribution < -0.4 is 5.32 Å². The molecule has 1 aliphatic heterocycles. The first kappa shape index (κ1) is 15.1. The first-order valence-corrected chi connectivity index (χ1v) is 8.37. The summed E-state index contributed by atoms with van der Waals surface area (Å²) in [7, 11) is 0. The molecule has 0 saturated carbocycles. The van der Waals surface area contributed by atoms with Crippen molar-refractivity contribution in [3.05, 3.63) is 54.2 Å². The number of nitrogens with zero attached hydrogens (tertiary/aromatic N) is 1. The zero-order valence-corrected chi connectivity index (χ0v) is 13.0. The molecule has 1 fully saturated rings. The highest BCUT2D eigenvalue weighted by molar-refractivity contribution is 7.99. The minimum atomic E-state index is -0.130. The molecule has 4 nitrogen and oxygen atoms in total. The zero-order valence-electron chi connectivity index (χ0n) is 12.2. The topological polar surface area (TPSA) is 51.2 Å². The Bertz CT molecular complexity index is 628. The lowest BCUT2D eigenvalue weighted by atomic mass is 10.2. The molecule has 2 heterocycles. The number of amides is 1. The molecule has 1 aliphatic rings. The van der Waals surface area contributed by atoms with Crippen molar-refractivity contribution in [2.24, 2.45) is 0 Å². The summed E-state index contributed by atoms with van der Waals surface area (Å²) in [5.74, 6) is 1.31. The lowest BCUT2D eigenvalue weighted by Gasteiger charge is -2.12. The number of aromatic nitrogens is 1.